The molecule has 0 amide bonds. The smallest absolute Gasteiger partial charge is 0.395 e. The van der Waals surface area contributed by atoms with Gasteiger partial charge in [0.2, 0.25) is 0 Å². The van der Waals surface area contributed by atoms with Gasteiger partial charge in [0.1, 0.15) is 0 Å². The molecule has 0 spiro atoms. The highest BCUT2D eigenvalue weighted by Gasteiger charge is 2.32. The molecule has 0 saturated heterocycles. The van der Waals surface area contributed by atoms with E-state index in [0.29, 0.717) is 13.0 Å². The molecule has 0 aliphatic carbocycles. The quantitative estimate of drug-likeness (QED) is 0.680. The van der Waals surface area contributed by atoms with Gasteiger partial charge in [-0.15, -0.1) is 0 Å². The number of rotatable bonds is 6. The Hall–Kier alpha value is -0.330. The summed E-state index contributed by atoms with van der Waals surface area (Å²) in [6.45, 7) is 0.787. The van der Waals surface area contributed by atoms with Crippen LogP contribution in [-0.4, -0.2) is 48.5 Å². The van der Waals surface area contributed by atoms with Crippen molar-refractivity contribution in [3.63, 3.8) is 0 Å². The molecule has 0 saturated carbocycles. The normalized spacial score (nSPS) is 14.8. The predicted octanol–water partition coefficient (Wildman–Crippen LogP) is 0.580. The molecule has 0 aromatic rings. The molecule has 0 fully saturated rings. The minimum Gasteiger partial charge on any atom is -0.395 e. The molecule has 0 bridgehead atoms. The molecule has 3 nitrogen and oxygen atoms in total. The molecule has 0 aliphatic rings. The second-order valence-electron chi connectivity index (χ2n) is 3.24. The van der Waals surface area contributed by atoms with Gasteiger partial charge in [0.15, 0.2) is 0 Å². The van der Waals surface area contributed by atoms with Gasteiger partial charge >= 0.3 is 6.18 Å². The molecule has 6 heteroatoms. The summed E-state index contributed by atoms with van der Waals surface area (Å²) < 4.78 is 36.2. The van der Waals surface area contributed by atoms with Gasteiger partial charge < -0.3 is 10.8 Å². The van der Waals surface area contributed by atoms with Crippen LogP contribution in [-0.2, 0) is 0 Å². The molecular formula is C8H17F3N2O. The largest absolute Gasteiger partial charge is 0.401 e. The van der Waals surface area contributed by atoms with Crippen molar-refractivity contribution in [2.24, 2.45) is 5.73 Å². The predicted molar refractivity (Wildman–Crippen MR) is 47.8 cm³/mol. The summed E-state index contributed by atoms with van der Waals surface area (Å²) in [7, 11) is 0. The number of nitrogens with zero attached hydrogens (tertiary/aromatic N) is 1. The SMILES string of the molecule is CC(CCN)N(CCO)CC(F)(F)F. The average Bonchev–Trinajstić information content (AvgIpc) is 2.01. The lowest BCUT2D eigenvalue weighted by Gasteiger charge is -2.28. The Morgan fingerprint density at radius 1 is 1.43 bits per heavy atom. The standard InChI is InChI=1S/C8H17F3N2O/c1-7(2-3-12)13(4-5-14)6-8(9,10)11/h7,14H,2-6,12H2,1H3. The van der Waals surface area contributed by atoms with Crippen LogP contribution in [0.5, 0.6) is 0 Å². The number of alkyl halides is 3. The van der Waals surface area contributed by atoms with E-state index in [1.165, 1.54) is 4.90 Å². The van der Waals surface area contributed by atoms with Crippen LogP contribution in [0.3, 0.4) is 0 Å². The van der Waals surface area contributed by atoms with Gasteiger partial charge in [0.25, 0.3) is 0 Å². The molecule has 0 heterocycles. The maximum atomic E-state index is 12.1. The molecule has 0 aliphatic heterocycles. The lowest BCUT2D eigenvalue weighted by Crippen LogP contribution is -2.42. The first kappa shape index (κ1) is 13.7. The van der Waals surface area contributed by atoms with E-state index in [0.717, 1.165) is 0 Å². The highest BCUT2D eigenvalue weighted by Crippen LogP contribution is 2.18. The van der Waals surface area contributed by atoms with Crippen LogP contribution in [0.4, 0.5) is 13.2 Å². The summed E-state index contributed by atoms with van der Waals surface area (Å²) in [5, 5.41) is 8.61. The number of hydrogen-bond donors (Lipinski definition) is 2. The minimum absolute atomic E-state index is 0.0284. The van der Waals surface area contributed by atoms with Gasteiger partial charge in [0.05, 0.1) is 13.2 Å². The Bertz CT molecular complexity index is 152. The van der Waals surface area contributed by atoms with Crippen LogP contribution in [0, 0.1) is 0 Å². The van der Waals surface area contributed by atoms with E-state index in [1.54, 1.807) is 6.92 Å². The van der Waals surface area contributed by atoms with Gasteiger partial charge in [0, 0.05) is 12.6 Å². The molecule has 1 unspecified atom stereocenters. The van der Waals surface area contributed by atoms with Crippen molar-refractivity contribution in [1.29, 1.82) is 0 Å². The van der Waals surface area contributed by atoms with Gasteiger partial charge in [-0.3, -0.25) is 4.90 Å². The Morgan fingerprint density at radius 3 is 2.36 bits per heavy atom. The lowest BCUT2D eigenvalue weighted by atomic mass is 10.2. The maximum Gasteiger partial charge on any atom is 0.401 e. The lowest BCUT2D eigenvalue weighted by molar-refractivity contribution is -0.151. The fourth-order valence-electron chi connectivity index (χ4n) is 1.24. The number of aliphatic hydroxyl groups is 1. The van der Waals surface area contributed by atoms with Crippen LogP contribution in [0.1, 0.15) is 13.3 Å². The number of aliphatic hydroxyl groups excluding tert-OH is 1. The van der Waals surface area contributed by atoms with Crippen LogP contribution in [0.15, 0.2) is 0 Å². The van der Waals surface area contributed by atoms with E-state index in [2.05, 4.69) is 0 Å². The van der Waals surface area contributed by atoms with Crippen molar-refractivity contribution < 1.29 is 18.3 Å². The Morgan fingerprint density at radius 2 is 2.00 bits per heavy atom. The Balaban J connectivity index is 4.13. The molecule has 0 aromatic heterocycles. The van der Waals surface area contributed by atoms with Crippen LogP contribution >= 0.6 is 0 Å². The summed E-state index contributed by atoms with van der Waals surface area (Å²) in [5.41, 5.74) is 5.26. The van der Waals surface area contributed by atoms with E-state index >= 15 is 0 Å². The van der Waals surface area contributed by atoms with E-state index in [1.807, 2.05) is 0 Å². The van der Waals surface area contributed by atoms with Gasteiger partial charge in [-0.05, 0) is 19.9 Å². The topological polar surface area (TPSA) is 49.5 Å². The molecule has 14 heavy (non-hydrogen) atoms. The van der Waals surface area contributed by atoms with Crippen LogP contribution in [0.25, 0.3) is 0 Å². The zero-order valence-corrected chi connectivity index (χ0v) is 8.22. The molecule has 0 rings (SSSR count). The summed E-state index contributed by atoms with van der Waals surface area (Å²) in [6, 6.07) is -0.256. The fraction of sp³-hybridized carbons (Fsp3) is 1.00. The highest BCUT2D eigenvalue weighted by molar-refractivity contribution is 4.70. The van der Waals surface area contributed by atoms with Crippen LogP contribution in [0.2, 0.25) is 0 Å². The zero-order chi connectivity index (χ0) is 11.2. The van der Waals surface area contributed by atoms with Crippen molar-refractivity contribution in [2.75, 3.05) is 26.2 Å². The fourth-order valence-corrected chi connectivity index (χ4v) is 1.24. The number of halogens is 3. The van der Waals surface area contributed by atoms with Crippen molar-refractivity contribution in [3.05, 3.63) is 0 Å². The van der Waals surface area contributed by atoms with E-state index in [9.17, 15) is 13.2 Å². The third-order valence-electron chi connectivity index (χ3n) is 1.98. The third-order valence-corrected chi connectivity index (χ3v) is 1.98. The van der Waals surface area contributed by atoms with Crippen LogP contribution < -0.4 is 5.73 Å². The van der Waals surface area contributed by atoms with E-state index < -0.39 is 12.7 Å². The second-order valence-corrected chi connectivity index (χ2v) is 3.24. The monoisotopic (exact) mass is 214 g/mol. The first-order valence-corrected chi connectivity index (χ1v) is 4.52. The van der Waals surface area contributed by atoms with Gasteiger partial charge in [-0.2, -0.15) is 13.2 Å². The van der Waals surface area contributed by atoms with Crippen molar-refractivity contribution in [2.45, 2.75) is 25.6 Å². The molecular weight excluding hydrogens is 197 g/mol. The molecule has 0 aromatic carbocycles. The molecule has 0 radical (unpaired) electrons. The minimum atomic E-state index is -4.22. The molecule has 86 valence electrons. The Labute approximate surface area is 81.7 Å². The molecule has 1 atom stereocenters. The highest BCUT2D eigenvalue weighted by atomic mass is 19.4. The first-order chi connectivity index (χ1) is 6.40. The van der Waals surface area contributed by atoms with E-state index in [-0.39, 0.29) is 19.2 Å². The number of nitrogens with two attached hydrogens (primary N) is 1. The average molecular weight is 214 g/mol. The van der Waals surface area contributed by atoms with Crippen molar-refractivity contribution >= 4 is 0 Å². The molecule has 3 N–H and O–H groups in total. The summed E-state index contributed by atoms with van der Waals surface area (Å²) in [5.74, 6) is 0. The third kappa shape index (κ3) is 6.17. The Kier molecular flexibility index (Phi) is 6.06. The van der Waals surface area contributed by atoms with Gasteiger partial charge in [-0.25, -0.2) is 0 Å². The zero-order valence-electron chi connectivity index (χ0n) is 8.22. The summed E-state index contributed by atoms with van der Waals surface area (Å²) in [4.78, 5) is 1.19. The van der Waals surface area contributed by atoms with E-state index in [4.69, 9.17) is 10.8 Å². The second kappa shape index (κ2) is 6.21. The van der Waals surface area contributed by atoms with Crippen molar-refractivity contribution in [1.82, 2.24) is 4.90 Å². The summed E-state index contributed by atoms with van der Waals surface area (Å²) in [6.07, 6.45) is -3.73. The van der Waals surface area contributed by atoms with Crippen molar-refractivity contribution in [3.8, 4) is 0 Å². The summed E-state index contributed by atoms with van der Waals surface area (Å²) >= 11 is 0. The maximum absolute atomic E-state index is 12.1. The first-order valence-electron chi connectivity index (χ1n) is 4.52. The van der Waals surface area contributed by atoms with Gasteiger partial charge in [-0.1, -0.05) is 0 Å². The number of hydrogen-bond acceptors (Lipinski definition) is 3.